The van der Waals surface area contributed by atoms with E-state index in [4.69, 9.17) is 4.98 Å². The number of hydrogen-bond acceptors (Lipinski definition) is 4. The minimum atomic E-state index is 0.0895. The molecule has 1 unspecified atom stereocenters. The lowest BCUT2D eigenvalue weighted by atomic mass is 9.89. The highest BCUT2D eigenvalue weighted by Gasteiger charge is 2.31. The number of nitrogens with one attached hydrogen (secondary N) is 1. The van der Waals surface area contributed by atoms with Crippen molar-refractivity contribution in [3.63, 3.8) is 0 Å². The van der Waals surface area contributed by atoms with Crippen LogP contribution in [0.2, 0.25) is 0 Å². The van der Waals surface area contributed by atoms with Crippen molar-refractivity contribution in [1.29, 1.82) is 0 Å². The van der Waals surface area contributed by atoms with Crippen molar-refractivity contribution in [3.05, 3.63) is 23.5 Å². The van der Waals surface area contributed by atoms with Gasteiger partial charge < -0.3 is 10.2 Å². The molecule has 0 amide bonds. The standard InChI is InChI=1S/C15H26N4S/c1-6-7-16-13(15(2,3)18(4)5)10-12-11-19-8-9-20-14(19)17-12/h8-9,11,13,16H,6-7,10H2,1-5H3. The Hall–Kier alpha value is -0.910. The molecule has 2 aromatic heterocycles. The Bertz CT molecular complexity index is 512. The van der Waals surface area contributed by atoms with Gasteiger partial charge in [-0.25, -0.2) is 4.98 Å². The number of imidazole rings is 1. The van der Waals surface area contributed by atoms with Gasteiger partial charge in [0, 0.05) is 35.8 Å². The Balaban J connectivity index is 2.16. The van der Waals surface area contributed by atoms with Crippen LogP contribution in [0.15, 0.2) is 17.8 Å². The van der Waals surface area contributed by atoms with Crippen molar-refractivity contribution in [3.8, 4) is 0 Å². The molecule has 1 atom stereocenters. The van der Waals surface area contributed by atoms with E-state index >= 15 is 0 Å². The molecular formula is C15H26N4S. The fraction of sp³-hybridized carbons (Fsp3) is 0.667. The summed E-state index contributed by atoms with van der Waals surface area (Å²) in [5.41, 5.74) is 1.26. The summed E-state index contributed by atoms with van der Waals surface area (Å²) in [6, 6.07) is 0.391. The van der Waals surface area contributed by atoms with E-state index in [0.717, 1.165) is 24.3 Å². The van der Waals surface area contributed by atoms with E-state index in [1.807, 2.05) is 0 Å². The average Bonchev–Trinajstić information content (AvgIpc) is 2.94. The number of thiazole rings is 1. The van der Waals surface area contributed by atoms with Crippen LogP contribution in [0.25, 0.3) is 4.96 Å². The fourth-order valence-electron chi connectivity index (χ4n) is 2.29. The monoisotopic (exact) mass is 294 g/mol. The molecule has 2 heterocycles. The minimum absolute atomic E-state index is 0.0895. The minimum Gasteiger partial charge on any atom is -0.312 e. The summed E-state index contributed by atoms with van der Waals surface area (Å²) >= 11 is 1.69. The first kappa shape index (κ1) is 15.5. The highest BCUT2D eigenvalue weighted by Crippen LogP contribution is 2.20. The molecule has 0 spiro atoms. The molecule has 2 aromatic rings. The van der Waals surface area contributed by atoms with Gasteiger partial charge in [-0.15, -0.1) is 11.3 Å². The molecule has 0 aliphatic rings. The summed E-state index contributed by atoms with van der Waals surface area (Å²) in [4.78, 5) is 8.09. The Labute approximate surface area is 125 Å². The van der Waals surface area contributed by atoms with Crippen LogP contribution in [0.1, 0.15) is 32.9 Å². The van der Waals surface area contributed by atoms with Gasteiger partial charge in [0.25, 0.3) is 0 Å². The SMILES string of the molecule is CCCNC(Cc1cn2ccsc2n1)C(C)(C)N(C)C. The molecule has 0 radical (unpaired) electrons. The van der Waals surface area contributed by atoms with Crippen molar-refractivity contribution < 1.29 is 0 Å². The topological polar surface area (TPSA) is 32.6 Å². The highest BCUT2D eigenvalue weighted by molar-refractivity contribution is 7.15. The first-order chi connectivity index (χ1) is 9.45. The summed E-state index contributed by atoms with van der Waals surface area (Å²) in [5, 5.41) is 5.76. The molecule has 5 heteroatoms. The maximum Gasteiger partial charge on any atom is 0.193 e. The van der Waals surface area contributed by atoms with Crippen LogP contribution in [-0.4, -0.2) is 46.5 Å². The second kappa shape index (κ2) is 6.24. The van der Waals surface area contributed by atoms with Crippen LogP contribution in [0, 0.1) is 0 Å². The lowest BCUT2D eigenvalue weighted by Crippen LogP contribution is -2.56. The van der Waals surface area contributed by atoms with Gasteiger partial charge in [0.2, 0.25) is 0 Å². The second-order valence-electron chi connectivity index (χ2n) is 6.08. The Morgan fingerprint density at radius 2 is 2.20 bits per heavy atom. The number of hydrogen-bond donors (Lipinski definition) is 1. The van der Waals surface area contributed by atoms with Crippen LogP contribution in [-0.2, 0) is 6.42 Å². The molecule has 0 fully saturated rings. The molecule has 0 aliphatic heterocycles. The molecule has 20 heavy (non-hydrogen) atoms. The van der Waals surface area contributed by atoms with Crippen LogP contribution < -0.4 is 5.32 Å². The molecule has 0 saturated heterocycles. The van der Waals surface area contributed by atoms with Gasteiger partial charge in [-0.3, -0.25) is 4.40 Å². The molecular weight excluding hydrogens is 268 g/mol. The quantitative estimate of drug-likeness (QED) is 0.852. The maximum atomic E-state index is 4.72. The lowest BCUT2D eigenvalue weighted by Gasteiger charge is -2.40. The largest absolute Gasteiger partial charge is 0.312 e. The fourth-order valence-corrected chi connectivity index (χ4v) is 3.00. The second-order valence-corrected chi connectivity index (χ2v) is 6.96. The zero-order valence-electron chi connectivity index (χ0n) is 13.2. The summed E-state index contributed by atoms with van der Waals surface area (Å²) < 4.78 is 2.11. The van der Waals surface area contributed by atoms with E-state index in [1.165, 1.54) is 5.69 Å². The van der Waals surface area contributed by atoms with Gasteiger partial charge in [0.1, 0.15) is 0 Å². The molecule has 112 valence electrons. The van der Waals surface area contributed by atoms with E-state index in [0.29, 0.717) is 6.04 Å². The van der Waals surface area contributed by atoms with Crippen molar-refractivity contribution in [2.24, 2.45) is 0 Å². The number of fused-ring (bicyclic) bond motifs is 1. The first-order valence-electron chi connectivity index (χ1n) is 7.27. The third-order valence-corrected chi connectivity index (χ3v) is 4.97. The predicted molar refractivity (Wildman–Crippen MR) is 86.6 cm³/mol. The molecule has 0 aromatic carbocycles. The van der Waals surface area contributed by atoms with Crippen LogP contribution in [0.5, 0.6) is 0 Å². The van der Waals surface area contributed by atoms with E-state index in [-0.39, 0.29) is 5.54 Å². The molecule has 1 N–H and O–H groups in total. The van der Waals surface area contributed by atoms with Crippen molar-refractivity contribution >= 4 is 16.3 Å². The highest BCUT2D eigenvalue weighted by atomic mass is 32.1. The Morgan fingerprint density at radius 3 is 2.80 bits per heavy atom. The van der Waals surface area contributed by atoms with Gasteiger partial charge in [-0.1, -0.05) is 6.92 Å². The Kier molecular flexibility index (Phi) is 4.83. The predicted octanol–water partition coefficient (Wildman–Crippen LogP) is 2.65. The average molecular weight is 294 g/mol. The maximum absolute atomic E-state index is 4.72. The van der Waals surface area contributed by atoms with Gasteiger partial charge in [-0.2, -0.15) is 0 Å². The lowest BCUT2D eigenvalue weighted by molar-refractivity contribution is 0.136. The summed E-state index contributed by atoms with van der Waals surface area (Å²) in [5.74, 6) is 0. The smallest absolute Gasteiger partial charge is 0.193 e. The van der Waals surface area contributed by atoms with Crippen molar-refractivity contribution in [2.45, 2.75) is 45.2 Å². The molecule has 4 nitrogen and oxygen atoms in total. The molecule has 0 aliphatic carbocycles. The Morgan fingerprint density at radius 1 is 1.45 bits per heavy atom. The third kappa shape index (κ3) is 3.22. The normalized spacial score (nSPS) is 14.3. The summed E-state index contributed by atoms with van der Waals surface area (Å²) in [6.45, 7) is 7.83. The van der Waals surface area contributed by atoms with Crippen molar-refractivity contribution in [2.75, 3.05) is 20.6 Å². The first-order valence-corrected chi connectivity index (χ1v) is 8.15. The van der Waals surface area contributed by atoms with Gasteiger partial charge in [-0.05, 0) is 40.9 Å². The summed E-state index contributed by atoms with van der Waals surface area (Å²) in [7, 11) is 4.29. The van der Waals surface area contributed by atoms with Crippen LogP contribution in [0.3, 0.4) is 0 Å². The molecule has 2 rings (SSSR count). The van der Waals surface area contributed by atoms with Gasteiger partial charge in [0.15, 0.2) is 4.96 Å². The number of rotatable bonds is 7. The van der Waals surface area contributed by atoms with Gasteiger partial charge in [0.05, 0.1) is 5.69 Å². The van der Waals surface area contributed by atoms with Gasteiger partial charge >= 0.3 is 0 Å². The summed E-state index contributed by atoms with van der Waals surface area (Å²) in [6.07, 6.45) is 6.33. The zero-order valence-corrected chi connectivity index (χ0v) is 14.0. The number of aromatic nitrogens is 2. The van der Waals surface area contributed by atoms with E-state index in [1.54, 1.807) is 11.3 Å². The van der Waals surface area contributed by atoms with Crippen molar-refractivity contribution in [1.82, 2.24) is 19.6 Å². The third-order valence-electron chi connectivity index (χ3n) is 4.20. The molecule has 0 bridgehead atoms. The van der Waals surface area contributed by atoms with E-state index in [2.05, 4.69) is 67.3 Å². The van der Waals surface area contributed by atoms with Crippen LogP contribution in [0.4, 0.5) is 0 Å². The number of likely N-dealkylation sites (N-methyl/N-ethyl adjacent to an activating group) is 1. The van der Waals surface area contributed by atoms with Crippen LogP contribution >= 0.6 is 11.3 Å². The molecule has 0 saturated carbocycles. The number of nitrogens with zero attached hydrogens (tertiary/aromatic N) is 3. The van der Waals surface area contributed by atoms with E-state index < -0.39 is 0 Å². The zero-order chi connectivity index (χ0) is 14.8. The van der Waals surface area contributed by atoms with E-state index in [9.17, 15) is 0 Å².